The topological polar surface area (TPSA) is 23.8 Å². The van der Waals surface area contributed by atoms with Crippen molar-refractivity contribution in [3.8, 4) is 6.07 Å². The predicted octanol–water partition coefficient (Wildman–Crippen LogP) is 4.35. The SMILES string of the molecule is N#CC1CCCCC1Sc1ccc2c(c1)CCC2. The van der Waals surface area contributed by atoms with Crippen LogP contribution in [0.4, 0.5) is 0 Å². The third-order valence-corrected chi connectivity index (χ3v) is 5.62. The quantitative estimate of drug-likeness (QED) is 0.786. The van der Waals surface area contributed by atoms with Gasteiger partial charge >= 0.3 is 0 Å². The van der Waals surface area contributed by atoms with Gasteiger partial charge in [0.15, 0.2) is 0 Å². The van der Waals surface area contributed by atoms with E-state index in [0.717, 1.165) is 6.42 Å². The molecule has 2 aliphatic rings. The molecule has 0 aliphatic heterocycles. The molecule has 0 heterocycles. The largest absolute Gasteiger partial charge is 0.198 e. The Morgan fingerprint density at radius 2 is 1.89 bits per heavy atom. The van der Waals surface area contributed by atoms with Crippen molar-refractivity contribution in [2.75, 3.05) is 0 Å². The second kappa shape index (κ2) is 5.36. The molecule has 1 aromatic rings. The van der Waals surface area contributed by atoms with Gasteiger partial charge in [-0.3, -0.25) is 0 Å². The molecule has 1 saturated carbocycles. The molecule has 0 N–H and O–H groups in total. The first-order valence-corrected chi connectivity index (χ1v) is 7.93. The lowest BCUT2D eigenvalue weighted by Gasteiger charge is -2.26. The van der Waals surface area contributed by atoms with Crippen molar-refractivity contribution in [3.05, 3.63) is 29.3 Å². The lowest BCUT2D eigenvalue weighted by molar-refractivity contribution is 0.439. The molecule has 3 rings (SSSR count). The van der Waals surface area contributed by atoms with Gasteiger partial charge in [0, 0.05) is 10.1 Å². The van der Waals surface area contributed by atoms with Crippen LogP contribution in [0.2, 0.25) is 0 Å². The van der Waals surface area contributed by atoms with Crippen molar-refractivity contribution in [1.29, 1.82) is 5.26 Å². The third-order valence-electron chi connectivity index (χ3n) is 4.23. The van der Waals surface area contributed by atoms with E-state index in [0.29, 0.717) is 5.25 Å². The highest BCUT2D eigenvalue weighted by molar-refractivity contribution is 8.00. The van der Waals surface area contributed by atoms with E-state index in [2.05, 4.69) is 24.3 Å². The summed E-state index contributed by atoms with van der Waals surface area (Å²) in [6, 6.07) is 9.44. The highest BCUT2D eigenvalue weighted by atomic mass is 32.2. The summed E-state index contributed by atoms with van der Waals surface area (Å²) in [6.07, 6.45) is 8.65. The van der Waals surface area contributed by atoms with Crippen LogP contribution < -0.4 is 0 Å². The molecule has 0 saturated heterocycles. The first kappa shape index (κ1) is 12.1. The van der Waals surface area contributed by atoms with E-state index in [1.165, 1.54) is 43.4 Å². The van der Waals surface area contributed by atoms with Crippen LogP contribution in [0.3, 0.4) is 0 Å². The molecular weight excluding hydrogens is 238 g/mol. The number of rotatable bonds is 2. The Bertz CT molecular complexity index is 474. The fourth-order valence-corrected chi connectivity index (χ4v) is 4.53. The average Bonchev–Trinajstić information content (AvgIpc) is 2.87. The molecule has 0 spiro atoms. The van der Waals surface area contributed by atoms with Gasteiger partial charge in [-0.05, 0) is 55.4 Å². The number of nitriles is 1. The molecule has 1 nitrogen and oxygen atoms in total. The van der Waals surface area contributed by atoms with Gasteiger partial charge in [-0.1, -0.05) is 18.9 Å². The maximum absolute atomic E-state index is 9.23. The van der Waals surface area contributed by atoms with Gasteiger partial charge in [0.2, 0.25) is 0 Å². The fraction of sp³-hybridized carbons (Fsp3) is 0.562. The Hall–Kier alpha value is -0.940. The monoisotopic (exact) mass is 257 g/mol. The molecule has 2 atom stereocenters. The van der Waals surface area contributed by atoms with Gasteiger partial charge in [0.05, 0.1) is 12.0 Å². The van der Waals surface area contributed by atoms with Crippen molar-refractivity contribution in [2.24, 2.45) is 5.92 Å². The van der Waals surface area contributed by atoms with Crippen LogP contribution in [-0.2, 0) is 12.8 Å². The van der Waals surface area contributed by atoms with Gasteiger partial charge in [0.25, 0.3) is 0 Å². The van der Waals surface area contributed by atoms with E-state index in [9.17, 15) is 5.26 Å². The molecule has 2 unspecified atom stereocenters. The van der Waals surface area contributed by atoms with Gasteiger partial charge < -0.3 is 0 Å². The minimum absolute atomic E-state index is 0.261. The van der Waals surface area contributed by atoms with Gasteiger partial charge in [-0.2, -0.15) is 5.26 Å². The number of nitrogens with zero attached hydrogens (tertiary/aromatic N) is 1. The van der Waals surface area contributed by atoms with E-state index in [-0.39, 0.29) is 5.92 Å². The maximum Gasteiger partial charge on any atom is 0.0667 e. The number of fused-ring (bicyclic) bond motifs is 1. The average molecular weight is 257 g/mol. The minimum Gasteiger partial charge on any atom is -0.198 e. The predicted molar refractivity (Wildman–Crippen MR) is 75.7 cm³/mol. The number of aryl methyl sites for hydroxylation is 2. The standard InChI is InChI=1S/C16H19NS/c17-11-14-4-1-2-7-16(14)18-15-9-8-12-5-3-6-13(12)10-15/h8-10,14,16H,1-7H2. The Morgan fingerprint density at radius 1 is 1.06 bits per heavy atom. The van der Waals surface area contributed by atoms with Crippen LogP contribution in [0.5, 0.6) is 0 Å². The summed E-state index contributed by atoms with van der Waals surface area (Å²) in [6.45, 7) is 0. The zero-order valence-corrected chi connectivity index (χ0v) is 11.5. The molecule has 1 aromatic carbocycles. The van der Waals surface area contributed by atoms with Crippen LogP contribution in [0.15, 0.2) is 23.1 Å². The summed E-state index contributed by atoms with van der Waals surface area (Å²) in [4.78, 5) is 1.38. The first-order chi connectivity index (χ1) is 8.86. The van der Waals surface area contributed by atoms with Gasteiger partial charge in [-0.15, -0.1) is 11.8 Å². The number of thioether (sulfide) groups is 1. The van der Waals surface area contributed by atoms with E-state index in [1.807, 2.05) is 11.8 Å². The fourth-order valence-electron chi connectivity index (χ4n) is 3.18. The third kappa shape index (κ3) is 2.42. The summed E-state index contributed by atoms with van der Waals surface area (Å²) in [5.74, 6) is 0.261. The molecule has 0 bridgehead atoms. The van der Waals surface area contributed by atoms with Crippen LogP contribution in [0.25, 0.3) is 0 Å². The summed E-state index contributed by atoms with van der Waals surface area (Å²) >= 11 is 1.94. The molecule has 1 fully saturated rings. The zero-order chi connectivity index (χ0) is 12.4. The normalized spacial score (nSPS) is 26.6. The van der Waals surface area contributed by atoms with Crippen molar-refractivity contribution in [2.45, 2.75) is 55.1 Å². The van der Waals surface area contributed by atoms with Gasteiger partial charge in [-0.25, -0.2) is 0 Å². The van der Waals surface area contributed by atoms with E-state index in [4.69, 9.17) is 0 Å². The molecular formula is C16H19NS. The number of benzene rings is 1. The van der Waals surface area contributed by atoms with Crippen molar-refractivity contribution in [1.82, 2.24) is 0 Å². The summed E-state index contributed by atoms with van der Waals surface area (Å²) < 4.78 is 0. The number of hydrogen-bond donors (Lipinski definition) is 0. The molecule has 0 aromatic heterocycles. The maximum atomic E-state index is 9.23. The number of hydrogen-bond acceptors (Lipinski definition) is 2. The Morgan fingerprint density at radius 3 is 2.78 bits per heavy atom. The van der Waals surface area contributed by atoms with Crippen molar-refractivity contribution >= 4 is 11.8 Å². The second-order valence-corrected chi connectivity index (χ2v) is 6.77. The van der Waals surface area contributed by atoms with Crippen molar-refractivity contribution < 1.29 is 0 Å². The van der Waals surface area contributed by atoms with Crippen LogP contribution in [0.1, 0.15) is 43.2 Å². The molecule has 0 amide bonds. The second-order valence-electron chi connectivity index (χ2n) is 5.46. The molecule has 94 valence electrons. The molecule has 2 heteroatoms. The van der Waals surface area contributed by atoms with Crippen LogP contribution in [0, 0.1) is 17.2 Å². The summed E-state index contributed by atoms with van der Waals surface area (Å²) in [5.41, 5.74) is 3.09. The van der Waals surface area contributed by atoms with E-state index < -0.39 is 0 Å². The smallest absolute Gasteiger partial charge is 0.0667 e. The zero-order valence-electron chi connectivity index (χ0n) is 10.7. The molecule has 18 heavy (non-hydrogen) atoms. The summed E-state index contributed by atoms with van der Waals surface area (Å²) in [7, 11) is 0. The highest BCUT2D eigenvalue weighted by Crippen LogP contribution is 2.38. The van der Waals surface area contributed by atoms with Crippen LogP contribution >= 0.6 is 11.8 Å². The van der Waals surface area contributed by atoms with E-state index in [1.54, 1.807) is 11.1 Å². The Labute approximate surface area is 114 Å². The molecule has 2 aliphatic carbocycles. The Balaban J connectivity index is 1.74. The minimum atomic E-state index is 0.261. The van der Waals surface area contributed by atoms with Crippen molar-refractivity contribution in [3.63, 3.8) is 0 Å². The van der Waals surface area contributed by atoms with Crippen LogP contribution in [-0.4, -0.2) is 5.25 Å². The highest BCUT2D eigenvalue weighted by Gasteiger charge is 2.26. The summed E-state index contributed by atoms with van der Waals surface area (Å²) in [5, 5.41) is 9.75. The molecule has 0 radical (unpaired) electrons. The Kier molecular flexibility index (Phi) is 3.61. The van der Waals surface area contributed by atoms with E-state index >= 15 is 0 Å². The lowest BCUT2D eigenvalue weighted by Crippen LogP contribution is -2.20. The first-order valence-electron chi connectivity index (χ1n) is 7.05. The van der Waals surface area contributed by atoms with Gasteiger partial charge in [0.1, 0.15) is 0 Å². The lowest BCUT2D eigenvalue weighted by atomic mass is 9.90.